The topological polar surface area (TPSA) is 75.8 Å². The first-order chi connectivity index (χ1) is 6.15. The number of hydrogen-bond acceptors (Lipinski definition) is 4. The number of nitrogens with zero attached hydrogens (tertiary/aromatic N) is 1. The van der Waals surface area contributed by atoms with Crippen LogP contribution in [0.25, 0.3) is 0 Å². The number of nitrogens with two attached hydrogens (primary N) is 1. The number of rotatable bonds is 3. The molecule has 13 heavy (non-hydrogen) atoms. The van der Waals surface area contributed by atoms with Crippen LogP contribution in [-0.2, 0) is 9.53 Å². The van der Waals surface area contributed by atoms with E-state index >= 15 is 0 Å². The van der Waals surface area contributed by atoms with E-state index in [4.69, 9.17) is 15.6 Å². The van der Waals surface area contributed by atoms with Crippen molar-refractivity contribution in [1.29, 1.82) is 0 Å². The summed E-state index contributed by atoms with van der Waals surface area (Å²) in [5.41, 5.74) is 5.17. The molecule has 1 amide bonds. The number of carbonyl (C=O) groups excluding carboxylic acids is 1. The molecule has 0 saturated carbocycles. The summed E-state index contributed by atoms with van der Waals surface area (Å²) < 4.78 is 5.24. The molecule has 76 valence electrons. The van der Waals surface area contributed by atoms with Crippen LogP contribution in [0, 0.1) is 0 Å². The number of ether oxygens (including phenoxy) is 1. The summed E-state index contributed by atoms with van der Waals surface area (Å²) in [6.45, 7) is 3.56. The Morgan fingerprint density at radius 3 is 3.08 bits per heavy atom. The Kier molecular flexibility index (Phi) is 3.65. The van der Waals surface area contributed by atoms with Crippen LogP contribution in [-0.4, -0.2) is 54.4 Å². The zero-order chi connectivity index (χ0) is 9.84. The van der Waals surface area contributed by atoms with Crippen LogP contribution in [0.5, 0.6) is 0 Å². The highest BCUT2D eigenvalue weighted by atomic mass is 16.5. The van der Waals surface area contributed by atoms with E-state index in [0.717, 1.165) is 0 Å². The van der Waals surface area contributed by atoms with E-state index in [-0.39, 0.29) is 24.7 Å². The molecule has 2 atom stereocenters. The van der Waals surface area contributed by atoms with Crippen molar-refractivity contribution >= 4 is 5.91 Å². The molecule has 1 heterocycles. The SMILES string of the molecule is CC(C(N)=O)N1CCOC(CO)C1. The minimum Gasteiger partial charge on any atom is -0.394 e. The molecule has 1 saturated heterocycles. The van der Waals surface area contributed by atoms with E-state index in [9.17, 15) is 4.79 Å². The maximum absolute atomic E-state index is 10.9. The lowest BCUT2D eigenvalue weighted by atomic mass is 10.2. The Balaban J connectivity index is 2.46. The summed E-state index contributed by atoms with van der Waals surface area (Å²) in [6.07, 6.45) is -0.185. The standard InChI is InChI=1S/C8H16N2O3/c1-6(8(9)12)10-2-3-13-7(4-10)5-11/h6-7,11H,2-5H2,1H3,(H2,9,12). The van der Waals surface area contributed by atoms with Crippen molar-refractivity contribution in [3.63, 3.8) is 0 Å². The van der Waals surface area contributed by atoms with Gasteiger partial charge in [-0.05, 0) is 6.92 Å². The second-order valence-electron chi connectivity index (χ2n) is 3.25. The number of morpholine rings is 1. The Morgan fingerprint density at radius 2 is 2.54 bits per heavy atom. The van der Waals surface area contributed by atoms with E-state index < -0.39 is 0 Å². The third-order valence-electron chi connectivity index (χ3n) is 2.33. The van der Waals surface area contributed by atoms with Gasteiger partial charge in [0.2, 0.25) is 5.91 Å². The van der Waals surface area contributed by atoms with Gasteiger partial charge in [0.15, 0.2) is 0 Å². The largest absolute Gasteiger partial charge is 0.394 e. The molecule has 5 heteroatoms. The second kappa shape index (κ2) is 4.55. The fourth-order valence-electron chi connectivity index (χ4n) is 1.38. The highest BCUT2D eigenvalue weighted by Gasteiger charge is 2.25. The normalized spacial score (nSPS) is 27.1. The first kappa shape index (κ1) is 10.4. The molecule has 1 fully saturated rings. The van der Waals surface area contributed by atoms with Crippen LogP contribution in [0.3, 0.4) is 0 Å². The minimum absolute atomic E-state index is 0.0119. The number of aliphatic hydroxyl groups is 1. The fourth-order valence-corrected chi connectivity index (χ4v) is 1.38. The molecule has 1 rings (SSSR count). The van der Waals surface area contributed by atoms with Crippen LogP contribution >= 0.6 is 0 Å². The Labute approximate surface area is 77.5 Å². The first-order valence-corrected chi connectivity index (χ1v) is 4.41. The lowest BCUT2D eigenvalue weighted by molar-refractivity contribution is -0.127. The van der Waals surface area contributed by atoms with Crippen molar-refractivity contribution in [3.05, 3.63) is 0 Å². The van der Waals surface area contributed by atoms with Crippen LogP contribution in [0.2, 0.25) is 0 Å². The van der Waals surface area contributed by atoms with Crippen molar-refractivity contribution in [2.75, 3.05) is 26.3 Å². The number of primary amides is 1. The molecule has 2 unspecified atom stereocenters. The number of carbonyl (C=O) groups is 1. The highest BCUT2D eigenvalue weighted by molar-refractivity contribution is 5.79. The summed E-state index contributed by atoms with van der Waals surface area (Å²) in [5, 5.41) is 8.86. The summed E-state index contributed by atoms with van der Waals surface area (Å²) in [4.78, 5) is 12.8. The lowest BCUT2D eigenvalue weighted by Crippen LogP contribution is -2.51. The van der Waals surface area contributed by atoms with Gasteiger partial charge in [-0.25, -0.2) is 0 Å². The van der Waals surface area contributed by atoms with Crippen LogP contribution < -0.4 is 5.73 Å². The third-order valence-corrected chi connectivity index (χ3v) is 2.33. The zero-order valence-corrected chi connectivity index (χ0v) is 7.77. The van der Waals surface area contributed by atoms with E-state index in [1.165, 1.54) is 0 Å². The van der Waals surface area contributed by atoms with Gasteiger partial charge in [-0.15, -0.1) is 0 Å². The van der Waals surface area contributed by atoms with E-state index in [1.807, 2.05) is 4.90 Å². The number of hydrogen-bond donors (Lipinski definition) is 2. The van der Waals surface area contributed by atoms with Gasteiger partial charge >= 0.3 is 0 Å². The van der Waals surface area contributed by atoms with Crippen LogP contribution in [0.1, 0.15) is 6.92 Å². The predicted molar refractivity (Wildman–Crippen MR) is 47.1 cm³/mol. The Bertz CT molecular complexity index is 186. The lowest BCUT2D eigenvalue weighted by Gasteiger charge is -2.34. The van der Waals surface area contributed by atoms with Gasteiger partial charge in [0.05, 0.1) is 25.4 Å². The molecule has 1 aliphatic rings. The monoisotopic (exact) mass is 188 g/mol. The molecule has 0 aromatic rings. The molecule has 5 nitrogen and oxygen atoms in total. The van der Waals surface area contributed by atoms with E-state index in [2.05, 4.69) is 0 Å². The van der Waals surface area contributed by atoms with Crippen molar-refractivity contribution in [2.45, 2.75) is 19.1 Å². The first-order valence-electron chi connectivity index (χ1n) is 4.41. The van der Waals surface area contributed by atoms with Gasteiger partial charge < -0.3 is 15.6 Å². The van der Waals surface area contributed by atoms with Gasteiger partial charge in [0, 0.05) is 13.1 Å². The molecule has 0 aromatic carbocycles. The molecule has 0 bridgehead atoms. The molecule has 0 radical (unpaired) electrons. The minimum atomic E-state index is -0.335. The molecule has 0 spiro atoms. The van der Waals surface area contributed by atoms with Gasteiger partial charge in [-0.3, -0.25) is 9.69 Å². The zero-order valence-electron chi connectivity index (χ0n) is 7.77. The summed E-state index contributed by atoms with van der Waals surface area (Å²) in [7, 11) is 0. The molecular formula is C8H16N2O3. The Morgan fingerprint density at radius 1 is 1.85 bits per heavy atom. The molecule has 0 aliphatic carbocycles. The van der Waals surface area contributed by atoms with E-state index in [1.54, 1.807) is 6.92 Å². The van der Waals surface area contributed by atoms with Crippen LogP contribution in [0.15, 0.2) is 0 Å². The molecule has 1 aliphatic heterocycles. The third kappa shape index (κ3) is 2.65. The van der Waals surface area contributed by atoms with Gasteiger partial charge in [-0.1, -0.05) is 0 Å². The molecule has 0 aromatic heterocycles. The number of amides is 1. The average molecular weight is 188 g/mol. The van der Waals surface area contributed by atoms with E-state index in [0.29, 0.717) is 19.7 Å². The van der Waals surface area contributed by atoms with Gasteiger partial charge in [-0.2, -0.15) is 0 Å². The maximum atomic E-state index is 10.9. The number of aliphatic hydroxyl groups excluding tert-OH is 1. The van der Waals surface area contributed by atoms with Gasteiger partial charge in [0.1, 0.15) is 0 Å². The van der Waals surface area contributed by atoms with Crippen molar-refractivity contribution in [2.24, 2.45) is 5.73 Å². The maximum Gasteiger partial charge on any atom is 0.234 e. The highest BCUT2D eigenvalue weighted by Crippen LogP contribution is 2.08. The van der Waals surface area contributed by atoms with Crippen molar-refractivity contribution < 1.29 is 14.6 Å². The van der Waals surface area contributed by atoms with Crippen molar-refractivity contribution in [3.8, 4) is 0 Å². The Hall–Kier alpha value is -0.650. The summed E-state index contributed by atoms with van der Waals surface area (Å²) in [6, 6.07) is -0.280. The van der Waals surface area contributed by atoms with Crippen LogP contribution in [0.4, 0.5) is 0 Å². The summed E-state index contributed by atoms with van der Waals surface area (Å²) >= 11 is 0. The summed E-state index contributed by atoms with van der Waals surface area (Å²) in [5.74, 6) is -0.335. The molecule has 3 N–H and O–H groups in total. The smallest absolute Gasteiger partial charge is 0.234 e. The average Bonchev–Trinajstić information content (AvgIpc) is 2.16. The van der Waals surface area contributed by atoms with Gasteiger partial charge in [0.25, 0.3) is 0 Å². The molecular weight excluding hydrogens is 172 g/mol. The quantitative estimate of drug-likeness (QED) is 0.568. The van der Waals surface area contributed by atoms with Crippen molar-refractivity contribution in [1.82, 2.24) is 4.90 Å². The predicted octanol–water partition coefficient (Wildman–Crippen LogP) is -1.45. The fraction of sp³-hybridized carbons (Fsp3) is 0.875. The second-order valence-corrected chi connectivity index (χ2v) is 3.25.